The van der Waals surface area contributed by atoms with Crippen LogP contribution in [0.3, 0.4) is 0 Å². The van der Waals surface area contributed by atoms with Crippen molar-refractivity contribution in [2.45, 2.75) is 19.3 Å². The van der Waals surface area contributed by atoms with Crippen LogP contribution in [0.25, 0.3) is 0 Å². The first-order chi connectivity index (χ1) is 9.90. The molecule has 0 spiro atoms. The Morgan fingerprint density at radius 1 is 1.33 bits per heavy atom. The molecule has 2 rings (SSSR count). The number of hydrogen-bond donors (Lipinski definition) is 1. The smallest absolute Gasteiger partial charge is 0.311 e. The van der Waals surface area contributed by atoms with Crippen molar-refractivity contribution < 1.29 is 9.31 Å². The van der Waals surface area contributed by atoms with Crippen molar-refractivity contribution in [2.24, 2.45) is 0 Å². The Morgan fingerprint density at radius 2 is 2.10 bits per heavy atom. The van der Waals surface area contributed by atoms with Gasteiger partial charge in [0.2, 0.25) is 5.82 Å². The van der Waals surface area contributed by atoms with Gasteiger partial charge in [0, 0.05) is 24.2 Å². The van der Waals surface area contributed by atoms with Gasteiger partial charge in [-0.3, -0.25) is 10.1 Å². The Morgan fingerprint density at radius 3 is 2.76 bits per heavy atom. The molecule has 0 saturated carbocycles. The number of nitrogens with zero attached hydrogens (tertiary/aromatic N) is 2. The standard InChI is InChI=1S/C15H16FN3O2/c1-15(2,11-5-3-6-12(16)9-11)10-18-14-13(19(20)21)7-4-8-17-14/h3-9H,10H2,1-2H3,(H,17,18). The minimum Gasteiger partial charge on any atom is -0.363 e. The van der Waals surface area contributed by atoms with Crippen LogP contribution in [0.15, 0.2) is 42.6 Å². The van der Waals surface area contributed by atoms with E-state index in [0.29, 0.717) is 6.54 Å². The lowest BCUT2D eigenvalue weighted by molar-refractivity contribution is -0.384. The van der Waals surface area contributed by atoms with Gasteiger partial charge < -0.3 is 5.32 Å². The molecule has 1 aromatic heterocycles. The largest absolute Gasteiger partial charge is 0.363 e. The van der Waals surface area contributed by atoms with Gasteiger partial charge in [-0.05, 0) is 23.8 Å². The first-order valence-corrected chi connectivity index (χ1v) is 6.49. The summed E-state index contributed by atoms with van der Waals surface area (Å²) in [6.45, 7) is 4.27. The van der Waals surface area contributed by atoms with E-state index in [-0.39, 0.29) is 17.3 Å². The van der Waals surface area contributed by atoms with Gasteiger partial charge in [0.25, 0.3) is 0 Å². The first-order valence-electron chi connectivity index (χ1n) is 6.49. The Bertz CT molecular complexity index is 659. The zero-order valence-corrected chi connectivity index (χ0v) is 11.8. The second kappa shape index (κ2) is 5.87. The molecule has 0 unspecified atom stereocenters. The molecule has 0 aliphatic carbocycles. The molecule has 0 radical (unpaired) electrons. The zero-order valence-electron chi connectivity index (χ0n) is 11.8. The summed E-state index contributed by atoms with van der Waals surface area (Å²) in [5.41, 5.74) is 0.342. The molecule has 0 saturated heterocycles. The van der Waals surface area contributed by atoms with Crippen LogP contribution < -0.4 is 5.32 Å². The van der Waals surface area contributed by atoms with E-state index in [2.05, 4.69) is 10.3 Å². The number of hydrogen-bond acceptors (Lipinski definition) is 4. The highest BCUT2D eigenvalue weighted by Crippen LogP contribution is 2.26. The van der Waals surface area contributed by atoms with Gasteiger partial charge in [0.05, 0.1) is 4.92 Å². The van der Waals surface area contributed by atoms with Crippen LogP contribution in [0.4, 0.5) is 15.9 Å². The van der Waals surface area contributed by atoms with Crippen LogP contribution in [0.2, 0.25) is 0 Å². The summed E-state index contributed by atoms with van der Waals surface area (Å²) >= 11 is 0. The zero-order chi connectivity index (χ0) is 15.5. The molecule has 0 atom stereocenters. The predicted molar refractivity (Wildman–Crippen MR) is 78.8 cm³/mol. The molecule has 1 N–H and O–H groups in total. The van der Waals surface area contributed by atoms with Gasteiger partial charge in [-0.25, -0.2) is 9.37 Å². The van der Waals surface area contributed by atoms with Crippen LogP contribution >= 0.6 is 0 Å². The second-order valence-electron chi connectivity index (χ2n) is 5.38. The van der Waals surface area contributed by atoms with Gasteiger partial charge in [0.1, 0.15) is 5.82 Å². The molecule has 110 valence electrons. The third-order valence-electron chi connectivity index (χ3n) is 3.29. The lowest BCUT2D eigenvalue weighted by atomic mass is 9.84. The van der Waals surface area contributed by atoms with Crippen LogP contribution in [-0.2, 0) is 5.41 Å². The Hall–Kier alpha value is -2.50. The van der Waals surface area contributed by atoms with Crippen molar-refractivity contribution in [1.29, 1.82) is 0 Å². The normalized spacial score (nSPS) is 11.2. The Kier molecular flexibility index (Phi) is 4.16. The first kappa shape index (κ1) is 14.9. The summed E-state index contributed by atoms with van der Waals surface area (Å²) in [4.78, 5) is 14.4. The molecule has 1 heterocycles. The van der Waals surface area contributed by atoms with Gasteiger partial charge in [0.15, 0.2) is 0 Å². The summed E-state index contributed by atoms with van der Waals surface area (Å²) in [7, 11) is 0. The van der Waals surface area contributed by atoms with E-state index in [9.17, 15) is 14.5 Å². The van der Waals surface area contributed by atoms with Crippen molar-refractivity contribution in [3.63, 3.8) is 0 Å². The quantitative estimate of drug-likeness (QED) is 0.675. The Labute approximate surface area is 122 Å². The number of aromatic nitrogens is 1. The van der Waals surface area contributed by atoms with Gasteiger partial charge in [-0.15, -0.1) is 0 Å². The third-order valence-corrected chi connectivity index (χ3v) is 3.29. The average molecular weight is 289 g/mol. The molecule has 1 aromatic carbocycles. The van der Waals surface area contributed by atoms with Crippen molar-refractivity contribution in [3.05, 3.63) is 64.1 Å². The minimum absolute atomic E-state index is 0.0763. The number of rotatable bonds is 5. The van der Waals surface area contributed by atoms with Crippen LogP contribution in [-0.4, -0.2) is 16.5 Å². The maximum atomic E-state index is 13.3. The second-order valence-corrected chi connectivity index (χ2v) is 5.38. The highest BCUT2D eigenvalue weighted by molar-refractivity contribution is 5.55. The maximum absolute atomic E-state index is 13.3. The predicted octanol–water partition coefficient (Wildman–Crippen LogP) is 3.52. The monoisotopic (exact) mass is 289 g/mol. The highest BCUT2D eigenvalue weighted by atomic mass is 19.1. The fraction of sp³-hybridized carbons (Fsp3) is 0.267. The van der Waals surface area contributed by atoms with E-state index in [4.69, 9.17) is 0 Å². The number of benzene rings is 1. The average Bonchev–Trinajstić information content (AvgIpc) is 2.45. The van der Waals surface area contributed by atoms with E-state index in [1.807, 2.05) is 19.9 Å². The van der Waals surface area contributed by atoms with Gasteiger partial charge in [-0.1, -0.05) is 26.0 Å². The molecule has 21 heavy (non-hydrogen) atoms. The lowest BCUT2D eigenvalue weighted by Crippen LogP contribution is -2.28. The number of anilines is 1. The van der Waals surface area contributed by atoms with E-state index in [1.54, 1.807) is 6.07 Å². The minimum atomic E-state index is -0.482. The summed E-state index contributed by atoms with van der Waals surface area (Å²) in [6.07, 6.45) is 1.49. The fourth-order valence-electron chi connectivity index (χ4n) is 2.00. The van der Waals surface area contributed by atoms with Crippen molar-refractivity contribution >= 4 is 11.5 Å². The SMILES string of the molecule is CC(C)(CNc1ncccc1[N+](=O)[O-])c1cccc(F)c1. The van der Waals surface area contributed by atoms with Crippen LogP contribution in [0, 0.1) is 15.9 Å². The molecular formula is C15H16FN3O2. The summed E-state index contributed by atoms with van der Waals surface area (Å²) in [5, 5.41) is 13.9. The maximum Gasteiger partial charge on any atom is 0.311 e. The molecule has 0 bridgehead atoms. The van der Waals surface area contributed by atoms with Crippen molar-refractivity contribution in [2.75, 3.05) is 11.9 Å². The molecule has 6 heteroatoms. The molecule has 5 nitrogen and oxygen atoms in total. The van der Waals surface area contributed by atoms with Crippen LogP contribution in [0.1, 0.15) is 19.4 Å². The molecule has 0 fully saturated rings. The summed E-state index contributed by atoms with van der Waals surface area (Å²) in [5.74, 6) is -0.0867. The third kappa shape index (κ3) is 3.53. The number of nitro groups is 1. The lowest BCUT2D eigenvalue weighted by Gasteiger charge is -2.25. The van der Waals surface area contributed by atoms with E-state index >= 15 is 0 Å². The molecule has 0 aliphatic rings. The number of nitrogens with one attached hydrogen (secondary N) is 1. The van der Waals surface area contributed by atoms with Crippen molar-refractivity contribution in [1.82, 2.24) is 4.98 Å². The van der Waals surface area contributed by atoms with Gasteiger partial charge in [-0.2, -0.15) is 0 Å². The Balaban J connectivity index is 2.17. The van der Waals surface area contributed by atoms with Gasteiger partial charge >= 0.3 is 5.69 Å². The molecule has 2 aromatic rings. The topological polar surface area (TPSA) is 68.1 Å². The van der Waals surface area contributed by atoms with E-state index in [1.165, 1.54) is 30.5 Å². The summed E-state index contributed by atoms with van der Waals surface area (Å²) in [6, 6.07) is 9.24. The number of pyridine rings is 1. The highest BCUT2D eigenvalue weighted by Gasteiger charge is 2.23. The van der Waals surface area contributed by atoms with E-state index in [0.717, 1.165) is 5.56 Å². The fourth-order valence-corrected chi connectivity index (χ4v) is 2.00. The number of halogens is 1. The van der Waals surface area contributed by atoms with E-state index < -0.39 is 10.3 Å². The molecular weight excluding hydrogens is 273 g/mol. The molecule has 0 amide bonds. The van der Waals surface area contributed by atoms with Crippen LogP contribution in [0.5, 0.6) is 0 Å². The van der Waals surface area contributed by atoms with Crippen molar-refractivity contribution in [3.8, 4) is 0 Å². The molecule has 0 aliphatic heterocycles. The summed E-state index contributed by atoms with van der Waals surface area (Å²) < 4.78 is 13.3.